The monoisotopic (exact) mass is 284 g/mol. The van der Waals surface area contributed by atoms with Gasteiger partial charge in [-0.05, 0) is 11.6 Å². The molecule has 1 rings (SSSR count). The summed E-state index contributed by atoms with van der Waals surface area (Å²) in [5.41, 5.74) is 0.822. The Morgan fingerprint density at radius 3 is 2.26 bits per heavy atom. The minimum atomic E-state index is -3.39. The van der Waals surface area contributed by atoms with E-state index in [1.807, 2.05) is 39.8 Å². The SMILES string of the molecule is CCN(CC)S(=O)(=O)c1ccccc1CNC(C)C. The van der Waals surface area contributed by atoms with Crippen molar-refractivity contribution >= 4 is 10.0 Å². The fraction of sp³-hybridized carbons (Fsp3) is 0.571. The minimum absolute atomic E-state index is 0.323. The lowest BCUT2D eigenvalue weighted by molar-refractivity contribution is 0.444. The molecule has 1 aromatic rings. The topological polar surface area (TPSA) is 49.4 Å². The van der Waals surface area contributed by atoms with Gasteiger partial charge in [-0.15, -0.1) is 0 Å². The number of hydrogen-bond acceptors (Lipinski definition) is 3. The van der Waals surface area contributed by atoms with Gasteiger partial charge in [-0.3, -0.25) is 0 Å². The summed E-state index contributed by atoms with van der Waals surface area (Å²) >= 11 is 0. The van der Waals surface area contributed by atoms with Crippen molar-refractivity contribution in [1.82, 2.24) is 9.62 Å². The van der Waals surface area contributed by atoms with Crippen molar-refractivity contribution < 1.29 is 8.42 Å². The maximum absolute atomic E-state index is 12.6. The molecule has 0 saturated heterocycles. The van der Waals surface area contributed by atoms with E-state index in [-0.39, 0.29) is 0 Å². The summed E-state index contributed by atoms with van der Waals surface area (Å²) in [5, 5.41) is 3.27. The zero-order valence-corrected chi connectivity index (χ0v) is 13.0. The lowest BCUT2D eigenvalue weighted by Crippen LogP contribution is -2.32. The van der Waals surface area contributed by atoms with Crippen LogP contribution < -0.4 is 5.32 Å². The Kier molecular flexibility index (Phi) is 5.97. The molecule has 5 heteroatoms. The summed E-state index contributed by atoms with van der Waals surface area (Å²) in [6, 6.07) is 7.52. The fourth-order valence-electron chi connectivity index (χ4n) is 1.92. The van der Waals surface area contributed by atoms with E-state index in [0.29, 0.717) is 30.6 Å². The first-order valence-corrected chi connectivity index (χ1v) is 8.18. The van der Waals surface area contributed by atoms with Crippen molar-refractivity contribution in [2.75, 3.05) is 13.1 Å². The van der Waals surface area contributed by atoms with Gasteiger partial charge in [0.1, 0.15) is 0 Å². The second-order valence-electron chi connectivity index (χ2n) is 4.73. The van der Waals surface area contributed by atoms with Crippen LogP contribution in [0, 0.1) is 0 Å². The Bertz CT molecular complexity index is 494. The molecular formula is C14H24N2O2S. The predicted molar refractivity (Wildman–Crippen MR) is 78.5 cm³/mol. The third kappa shape index (κ3) is 4.03. The van der Waals surface area contributed by atoms with Crippen LogP contribution in [-0.4, -0.2) is 31.9 Å². The van der Waals surface area contributed by atoms with Gasteiger partial charge in [0.25, 0.3) is 0 Å². The van der Waals surface area contributed by atoms with Crippen molar-refractivity contribution in [3.05, 3.63) is 29.8 Å². The molecule has 108 valence electrons. The maximum atomic E-state index is 12.6. The second kappa shape index (κ2) is 7.03. The summed E-state index contributed by atoms with van der Waals surface area (Å²) in [4.78, 5) is 0.409. The molecule has 0 heterocycles. The first-order chi connectivity index (χ1) is 8.93. The summed E-state index contributed by atoms with van der Waals surface area (Å²) in [6.07, 6.45) is 0. The quantitative estimate of drug-likeness (QED) is 0.835. The van der Waals surface area contributed by atoms with Crippen molar-refractivity contribution in [2.24, 2.45) is 0 Å². The van der Waals surface area contributed by atoms with Crippen LogP contribution in [0.25, 0.3) is 0 Å². The van der Waals surface area contributed by atoms with Gasteiger partial charge < -0.3 is 5.32 Å². The molecule has 0 bridgehead atoms. The van der Waals surface area contributed by atoms with Gasteiger partial charge in [0.15, 0.2) is 0 Å². The molecule has 0 atom stereocenters. The highest BCUT2D eigenvalue weighted by molar-refractivity contribution is 7.89. The Balaban J connectivity index is 3.12. The van der Waals surface area contributed by atoms with Crippen LogP contribution in [0.3, 0.4) is 0 Å². The third-order valence-corrected chi connectivity index (χ3v) is 5.15. The van der Waals surface area contributed by atoms with E-state index >= 15 is 0 Å². The van der Waals surface area contributed by atoms with Crippen LogP contribution in [0.15, 0.2) is 29.2 Å². The molecule has 0 aliphatic carbocycles. The molecule has 1 aromatic carbocycles. The van der Waals surface area contributed by atoms with E-state index in [1.165, 1.54) is 4.31 Å². The average Bonchev–Trinajstić information content (AvgIpc) is 2.37. The number of benzene rings is 1. The number of nitrogens with one attached hydrogen (secondary N) is 1. The molecule has 19 heavy (non-hydrogen) atoms. The molecule has 0 saturated carbocycles. The zero-order chi connectivity index (χ0) is 14.5. The number of sulfonamides is 1. The lowest BCUT2D eigenvalue weighted by Gasteiger charge is -2.21. The number of hydrogen-bond donors (Lipinski definition) is 1. The second-order valence-corrected chi connectivity index (χ2v) is 6.64. The highest BCUT2D eigenvalue weighted by Gasteiger charge is 2.23. The lowest BCUT2D eigenvalue weighted by atomic mass is 10.2. The van der Waals surface area contributed by atoms with Gasteiger partial charge in [-0.1, -0.05) is 45.9 Å². The highest BCUT2D eigenvalue weighted by Crippen LogP contribution is 2.20. The van der Waals surface area contributed by atoms with E-state index < -0.39 is 10.0 Å². The van der Waals surface area contributed by atoms with Gasteiger partial charge in [0.05, 0.1) is 4.90 Å². The minimum Gasteiger partial charge on any atom is -0.310 e. The molecule has 0 spiro atoms. The molecule has 4 nitrogen and oxygen atoms in total. The maximum Gasteiger partial charge on any atom is 0.243 e. The Morgan fingerprint density at radius 2 is 1.74 bits per heavy atom. The normalized spacial score (nSPS) is 12.3. The molecule has 0 aliphatic rings. The van der Waals surface area contributed by atoms with E-state index in [4.69, 9.17) is 0 Å². The first-order valence-electron chi connectivity index (χ1n) is 6.74. The summed E-state index contributed by atoms with van der Waals surface area (Å²) < 4.78 is 26.6. The van der Waals surface area contributed by atoms with E-state index in [2.05, 4.69) is 5.32 Å². The zero-order valence-electron chi connectivity index (χ0n) is 12.2. The first kappa shape index (κ1) is 16.1. The summed E-state index contributed by atoms with van der Waals surface area (Å²) in [6.45, 7) is 9.35. The smallest absolute Gasteiger partial charge is 0.243 e. The highest BCUT2D eigenvalue weighted by atomic mass is 32.2. The molecule has 0 fully saturated rings. The molecule has 1 N–H and O–H groups in total. The molecule has 0 radical (unpaired) electrons. The Hall–Kier alpha value is -0.910. The van der Waals surface area contributed by atoms with E-state index in [0.717, 1.165) is 5.56 Å². The molecule has 0 aromatic heterocycles. The van der Waals surface area contributed by atoms with Crippen LogP contribution in [0.5, 0.6) is 0 Å². The van der Waals surface area contributed by atoms with Gasteiger partial charge >= 0.3 is 0 Å². The van der Waals surface area contributed by atoms with Crippen LogP contribution in [0.1, 0.15) is 33.3 Å². The predicted octanol–water partition coefficient (Wildman–Crippen LogP) is 2.22. The van der Waals surface area contributed by atoms with Crippen LogP contribution in [0.4, 0.5) is 0 Å². The Labute approximate surface area is 116 Å². The van der Waals surface area contributed by atoms with Gasteiger partial charge in [0.2, 0.25) is 10.0 Å². The van der Waals surface area contributed by atoms with Crippen molar-refractivity contribution in [2.45, 2.75) is 45.2 Å². The van der Waals surface area contributed by atoms with Crippen LogP contribution in [-0.2, 0) is 16.6 Å². The van der Waals surface area contributed by atoms with E-state index in [9.17, 15) is 8.42 Å². The van der Waals surface area contributed by atoms with E-state index in [1.54, 1.807) is 12.1 Å². The van der Waals surface area contributed by atoms with Crippen molar-refractivity contribution in [1.29, 1.82) is 0 Å². The standard InChI is InChI=1S/C14H24N2O2S/c1-5-16(6-2)19(17,18)14-10-8-7-9-13(14)11-15-12(3)4/h7-10,12,15H,5-6,11H2,1-4H3. The summed E-state index contributed by atoms with van der Waals surface area (Å²) in [7, 11) is -3.39. The van der Waals surface area contributed by atoms with Crippen molar-refractivity contribution in [3.8, 4) is 0 Å². The van der Waals surface area contributed by atoms with Crippen LogP contribution in [0.2, 0.25) is 0 Å². The molecular weight excluding hydrogens is 260 g/mol. The number of rotatable bonds is 7. The Morgan fingerprint density at radius 1 is 1.16 bits per heavy atom. The average molecular weight is 284 g/mol. The molecule has 0 amide bonds. The van der Waals surface area contributed by atoms with Gasteiger partial charge in [0, 0.05) is 25.7 Å². The van der Waals surface area contributed by atoms with Gasteiger partial charge in [-0.25, -0.2) is 8.42 Å². The molecule has 0 unspecified atom stereocenters. The molecule has 0 aliphatic heterocycles. The largest absolute Gasteiger partial charge is 0.310 e. The van der Waals surface area contributed by atoms with Gasteiger partial charge in [-0.2, -0.15) is 4.31 Å². The van der Waals surface area contributed by atoms with Crippen molar-refractivity contribution in [3.63, 3.8) is 0 Å². The van der Waals surface area contributed by atoms with Crippen LogP contribution >= 0.6 is 0 Å². The fourth-order valence-corrected chi connectivity index (χ4v) is 3.60. The third-order valence-electron chi connectivity index (χ3n) is 3.00. The number of nitrogens with zero attached hydrogens (tertiary/aromatic N) is 1. The summed E-state index contributed by atoms with van der Waals surface area (Å²) in [5.74, 6) is 0.